The van der Waals surface area contributed by atoms with E-state index < -0.39 is 6.10 Å². The van der Waals surface area contributed by atoms with Crippen molar-refractivity contribution in [1.82, 2.24) is 4.90 Å². The van der Waals surface area contributed by atoms with Crippen LogP contribution in [0.25, 0.3) is 0 Å². The van der Waals surface area contributed by atoms with Gasteiger partial charge in [0.15, 0.2) is 6.10 Å². The van der Waals surface area contributed by atoms with Gasteiger partial charge in [-0.2, -0.15) is 0 Å². The maximum atomic E-state index is 12.4. The molecule has 1 heterocycles. The van der Waals surface area contributed by atoms with Gasteiger partial charge in [-0.1, -0.05) is 17.7 Å². The monoisotopic (exact) mass is 261 g/mol. The Labute approximate surface area is 115 Å². The number of ether oxygens (including phenoxy) is 1. The molecule has 1 saturated heterocycles. The number of carbonyl (C=O) groups excluding carboxylic acids is 1. The molecule has 0 radical (unpaired) electrons. The van der Waals surface area contributed by atoms with Gasteiger partial charge in [0.1, 0.15) is 5.75 Å². The fourth-order valence-electron chi connectivity index (χ4n) is 2.53. The second kappa shape index (κ2) is 6.09. The summed E-state index contributed by atoms with van der Waals surface area (Å²) in [5.41, 5.74) is 1.19. The number of amides is 1. The number of hydrogen-bond donors (Lipinski definition) is 0. The first kappa shape index (κ1) is 13.9. The molecule has 2 atom stereocenters. The Kier molecular flexibility index (Phi) is 4.46. The SMILES string of the molecule is Cc1ccc(OC(C)C(=O)N2CCCCC2C)cc1. The summed E-state index contributed by atoms with van der Waals surface area (Å²) in [7, 11) is 0. The van der Waals surface area contributed by atoms with Gasteiger partial charge in [0.2, 0.25) is 0 Å². The van der Waals surface area contributed by atoms with Crippen LogP contribution in [0, 0.1) is 6.92 Å². The van der Waals surface area contributed by atoms with Crippen molar-refractivity contribution < 1.29 is 9.53 Å². The van der Waals surface area contributed by atoms with E-state index in [1.54, 1.807) is 0 Å². The second-order valence-electron chi connectivity index (χ2n) is 5.45. The number of benzene rings is 1. The molecule has 0 spiro atoms. The quantitative estimate of drug-likeness (QED) is 0.836. The van der Waals surface area contributed by atoms with Gasteiger partial charge in [-0.3, -0.25) is 4.79 Å². The number of piperidine rings is 1. The number of nitrogens with zero attached hydrogens (tertiary/aromatic N) is 1. The summed E-state index contributed by atoms with van der Waals surface area (Å²) in [6.45, 7) is 6.86. The van der Waals surface area contributed by atoms with E-state index >= 15 is 0 Å². The maximum absolute atomic E-state index is 12.4. The Balaban J connectivity index is 1.96. The van der Waals surface area contributed by atoms with Gasteiger partial charge in [-0.25, -0.2) is 0 Å². The molecule has 1 aliphatic heterocycles. The van der Waals surface area contributed by atoms with Crippen LogP contribution in [0.1, 0.15) is 38.7 Å². The molecule has 3 nitrogen and oxygen atoms in total. The number of hydrogen-bond acceptors (Lipinski definition) is 2. The van der Waals surface area contributed by atoms with E-state index in [0.29, 0.717) is 6.04 Å². The lowest BCUT2D eigenvalue weighted by Crippen LogP contribution is -2.47. The van der Waals surface area contributed by atoms with Crippen LogP contribution in [0.15, 0.2) is 24.3 Å². The van der Waals surface area contributed by atoms with Crippen molar-refractivity contribution in [2.24, 2.45) is 0 Å². The van der Waals surface area contributed by atoms with E-state index in [-0.39, 0.29) is 5.91 Å². The lowest BCUT2D eigenvalue weighted by atomic mass is 10.0. The molecule has 1 fully saturated rings. The van der Waals surface area contributed by atoms with Gasteiger partial charge in [0.25, 0.3) is 5.91 Å². The van der Waals surface area contributed by atoms with E-state index in [0.717, 1.165) is 25.1 Å². The van der Waals surface area contributed by atoms with E-state index in [4.69, 9.17) is 4.74 Å². The van der Waals surface area contributed by atoms with Crippen LogP contribution in [-0.4, -0.2) is 29.5 Å². The molecule has 0 bridgehead atoms. The smallest absolute Gasteiger partial charge is 0.263 e. The van der Waals surface area contributed by atoms with Gasteiger partial charge < -0.3 is 9.64 Å². The van der Waals surface area contributed by atoms with Crippen LogP contribution >= 0.6 is 0 Å². The van der Waals surface area contributed by atoms with E-state index in [9.17, 15) is 4.79 Å². The van der Waals surface area contributed by atoms with Crippen molar-refractivity contribution in [2.75, 3.05) is 6.54 Å². The van der Waals surface area contributed by atoms with Crippen LogP contribution in [0.2, 0.25) is 0 Å². The van der Waals surface area contributed by atoms with Crippen LogP contribution in [0.5, 0.6) is 5.75 Å². The molecule has 104 valence electrons. The van der Waals surface area contributed by atoms with Crippen molar-refractivity contribution in [1.29, 1.82) is 0 Å². The van der Waals surface area contributed by atoms with Crippen molar-refractivity contribution >= 4 is 5.91 Å². The van der Waals surface area contributed by atoms with Gasteiger partial charge >= 0.3 is 0 Å². The fourth-order valence-corrected chi connectivity index (χ4v) is 2.53. The first-order chi connectivity index (χ1) is 9.08. The highest BCUT2D eigenvalue weighted by molar-refractivity contribution is 5.81. The second-order valence-corrected chi connectivity index (χ2v) is 5.45. The molecule has 1 aromatic carbocycles. The molecular weight excluding hydrogens is 238 g/mol. The predicted octanol–water partition coefficient (Wildman–Crippen LogP) is 3.16. The molecular formula is C16H23NO2. The minimum atomic E-state index is -0.414. The largest absolute Gasteiger partial charge is 0.481 e. The lowest BCUT2D eigenvalue weighted by molar-refractivity contribution is -0.141. The third-order valence-corrected chi connectivity index (χ3v) is 3.77. The highest BCUT2D eigenvalue weighted by atomic mass is 16.5. The topological polar surface area (TPSA) is 29.5 Å². The van der Waals surface area contributed by atoms with Crippen LogP contribution in [0.3, 0.4) is 0 Å². The highest BCUT2D eigenvalue weighted by Gasteiger charge is 2.27. The van der Waals surface area contributed by atoms with Gasteiger partial charge in [0, 0.05) is 12.6 Å². The van der Waals surface area contributed by atoms with Crippen molar-refractivity contribution in [2.45, 2.75) is 52.2 Å². The number of aryl methyl sites for hydroxylation is 1. The van der Waals surface area contributed by atoms with Crippen LogP contribution < -0.4 is 4.74 Å². The average molecular weight is 261 g/mol. The Morgan fingerprint density at radius 3 is 2.63 bits per heavy atom. The third-order valence-electron chi connectivity index (χ3n) is 3.77. The van der Waals surface area contributed by atoms with Crippen molar-refractivity contribution in [3.05, 3.63) is 29.8 Å². The summed E-state index contributed by atoms with van der Waals surface area (Å²) in [4.78, 5) is 14.3. The molecule has 2 rings (SSSR count). The number of rotatable bonds is 3. The zero-order valence-electron chi connectivity index (χ0n) is 12.1. The van der Waals surface area contributed by atoms with E-state index in [1.807, 2.05) is 43.0 Å². The molecule has 0 saturated carbocycles. The highest BCUT2D eigenvalue weighted by Crippen LogP contribution is 2.19. The maximum Gasteiger partial charge on any atom is 0.263 e. The average Bonchev–Trinajstić information content (AvgIpc) is 2.41. The van der Waals surface area contributed by atoms with Gasteiger partial charge in [-0.15, -0.1) is 0 Å². The summed E-state index contributed by atoms with van der Waals surface area (Å²) in [6.07, 6.45) is 3.01. The van der Waals surface area contributed by atoms with Crippen molar-refractivity contribution in [3.63, 3.8) is 0 Å². The molecule has 19 heavy (non-hydrogen) atoms. The Hall–Kier alpha value is -1.51. The standard InChI is InChI=1S/C16H23NO2/c1-12-7-9-15(10-8-12)19-14(3)16(18)17-11-5-4-6-13(17)2/h7-10,13-14H,4-6,11H2,1-3H3. The minimum absolute atomic E-state index is 0.104. The minimum Gasteiger partial charge on any atom is -0.481 e. The molecule has 1 aliphatic rings. The molecule has 0 aromatic heterocycles. The lowest BCUT2D eigenvalue weighted by Gasteiger charge is -2.35. The summed E-state index contributed by atoms with van der Waals surface area (Å²) < 4.78 is 5.74. The van der Waals surface area contributed by atoms with E-state index in [1.165, 1.54) is 12.0 Å². The summed E-state index contributed by atoms with van der Waals surface area (Å²) in [5.74, 6) is 0.865. The van der Waals surface area contributed by atoms with Gasteiger partial charge in [0.05, 0.1) is 0 Å². The number of likely N-dealkylation sites (tertiary alicyclic amines) is 1. The normalized spacial score (nSPS) is 21.0. The molecule has 2 unspecified atom stereocenters. The summed E-state index contributed by atoms with van der Waals surface area (Å²) in [6, 6.07) is 8.16. The Morgan fingerprint density at radius 1 is 1.32 bits per heavy atom. The first-order valence-corrected chi connectivity index (χ1v) is 7.11. The van der Waals surface area contributed by atoms with E-state index in [2.05, 4.69) is 6.92 Å². The van der Waals surface area contributed by atoms with Crippen molar-refractivity contribution in [3.8, 4) is 5.75 Å². The third kappa shape index (κ3) is 3.49. The molecule has 1 amide bonds. The summed E-state index contributed by atoms with van der Waals surface area (Å²) >= 11 is 0. The first-order valence-electron chi connectivity index (χ1n) is 7.11. The molecule has 0 N–H and O–H groups in total. The Morgan fingerprint density at radius 2 is 2.00 bits per heavy atom. The molecule has 1 aromatic rings. The van der Waals surface area contributed by atoms with Gasteiger partial charge in [-0.05, 0) is 52.2 Å². The van der Waals surface area contributed by atoms with Crippen LogP contribution in [0.4, 0.5) is 0 Å². The number of carbonyl (C=O) groups is 1. The van der Waals surface area contributed by atoms with Crippen LogP contribution in [-0.2, 0) is 4.79 Å². The predicted molar refractivity (Wildman–Crippen MR) is 76.3 cm³/mol. The fraction of sp³-hybridized carbons (Fsp3) is 0.562. The summed E-state index contributed by atoms with van der Waals surface area (Å²) in [5, 5.41) is 0. The zero-order chi connectivity index (χ0) is 13.8. The zero-order valence-corrected chi connectivity index (χ0v) is 12.1. The molecule has 0 aliphatic carbocycles. The molecule has 3 heteroatoms. The Bertz CT molecular complexity index is 427.